The lowest BCUT2D eigenvalue weighted by atomic mass is 10.1. The maximum absolute atomic E-state index is 12.0. The van der Waals surface area contributed by atoms with Gasteiger partial charge in [0.1, 0.15) is 0 Å². The fourth-order valence-corrected chi connectivity index (χ4v) is 2.14. The van der Waals surface area contributed by atoms with Crippen LogP contribution in [0.4, 0.5) is 5.69 Å². The van der Waals surface area contributed by atoms with Gasteiger partial charge in [-0.2, -0.15) is 0 Å². The van der Waals surface area contributed by atoms with Crippen LogP contribution in [-0.4, -0.2) is 29.9 Å². The van der Waals surface area contributed by atoms with Gasteiger partial charge in [-0.3, -0.25) is 9.78 Å². The normalized spacial score (nSPS) is 11.8. The van der Waals surface area contributed by atoms with Gasteiger partial charge in [-0.25, -0.2) is 0 Å². The minimum absolute atomic E-state index is 0.00610. The van der Waals surface area contributed by atoms with E-state index in [1.54, 1.807) is 38.5 Å². The number of anilines is 1. The van der Waals surface area contributed by atoms with E-state index in [4.69, 9.17) is 11.6 Å². The summed E-state index contributed by atoms with van der Waals surface area (Å²) >= 11 is 6.20. The quantitative estimate of drug-likeness (QED) is 0.938. The predicted molar refractivity (Wildman–Crippen MR) is 85.7 cm³/mol. The molecule has 0 radical (unpaired) electrons. The third-order valence-electron chi connectivity index (χ3n) is 3.12. The van der Waals surface area contributed by atoms with Crippen molar-refractivity contribution in [1.82, 2.24) is 9.88 Å². The first-order chi connectivity index (χ1) is 9.99. The highest BCUT2D eigenvalue weighted by Crippen LogP contribution is 2.27. The molecule has 110 valence electrons. The zero-order valence-electron chi connectivity index (χ0n) is 12.3. The van der Waals surface area contributed by atoms with Gasteiger partial charge in [-0.1, -0.05) is 17.7 Å². The Bertz CT molecular complexity index is 629. The third-order valence-corrected chi connectivity index (χ3v) is 3.45. The van der Waals surface area contributed by atoms with Crippen molar-refractivity contribution in [2.45, 2.75) is 13.0 Å². The first-order valence-electron chi connectivity index (χ1n) is 6.67. The van der Waals surface area contributed by atoms with E-state index in [1.807, 2.05) is 25.1 Å². The zero-order chi connectivity index (χ0) is 15.4. The highest BCUT2D eigenvalue weighted by molar-refractivity contribution is 6.33. The van der Waals surface area contributed by atoms with E-state index in [9.17, 15) is 4.79 Å². The number of carbonyl (C=O) groups excluding carboxylic acids is 1. The minimum Gasteiger partial charge on any atom is -0.376 e. The Morgan fingerprint density at radius 2 is 2.05 bits per heavy atom. The molecule has 0 aliphatic rings. The van der Waals surface area contributed by atoms with Gasteiger partial charge in [-0.05, 0) is 37.3 Å². The molecule has 0 saturated heterocycles. The smallest absolute Gasteiger partial charge is 0.253 e. The average molecular weight is 304 g/mol. The Balaban J connectivity index is 2.23. The summed E-state index contributed by atoms with van der Waals surface area (Å²) in [5, 5.41) is 3.87. The van der Waals surface area contributed by atoms with Crippen molar-refractivity contribution in [2.24, 2.45) is 0 Å². The van der Waals surface area contributed by atoms with Crippen molar-refractivity contribution in [3.63, 3.8) is 0 Å². The molecule has 0 aliphatic heterocycles. The van der Waals surface area contributed by atoms with Crippen LogP contribution >= 0.6 is 11.6 Å². The number of nitrogens with one attached hydrogen (secondary N) is 1. The van der Waals surface area contributed by atoms with E-state index in [2.05, 4.69) is 10.3 Å². The van der Waals surface area contributed by atoms with E-state index in [0.717, 1.165) is 11.4 Å². The molecule has 1 amide bonds. The van der Waals surface area contributed by atoms with Crippen molar-refractivity contribution >= 4 is 23.2 Å². The van der Waals surface area contributed by atoms with Crippen molar-refractivity contribution in [1.29, 1.82) is 0 Å². The number of pyridine rings is 1. The molecule has 1 heterocycles. The van der Waals surface area contributed by atoms with E-state index < -0.39 is 0 Å². The molecule has 1 unspecified atom stereocenters. The zero-order valence-corrected chi connectivity index (χ0v) is 13.1. The van der Waals surface area contributed by atoms with Gasteiger partial charge in [0, 0.05) is 25.9 Å². The molecule has 1 N–H and O–H groups in total. The molecule has 0 saturated carbocycles. The van der Waals surface area contributed by atoms with Crippen LogP contribution in [0.25, 0.3) is 0 Å². The van der Waals surface area contributed by atoms with Crippen LogP contribution in [0.1, 0.15) is 29.0 Å². The first kappa shape index (κ1) is 15.3. The SMILES string of the molecule is CC(Nc1cc(C(=O)N(C)C)ccc1Cl)c1ccccn1. The second-order valence-corrected chi connectivity index (χ2v) is 5.42. The van der Waals surface area contributed by atoms with E-state index in [0.29, 0.717) is 10.6 Å². The number of halogens is 1. The molecule has 4 nitrogen and oxygen atoms in total. The molecule has 1 aromatic carbocycles. The second-order valence-electron chi connectivity index (χ2n) is 5.01. The summed E-state index contributed by atoms with van der Waals surface area (Å²) in [4.78, 5) is 17.9. The molecule has 2 rings (SSSR count). The second kappa shape index (κ2) is 6.59. The number of nitrogens with zero attached hydrogens (tertiary/aromatic N) is 2. The Hall–Kier alpha value is -2.07. The number of amides is 1. The number of hydrogen-bond acceptors (Lipinski definition) is 3. The lowest BCUT2D eigenvalue weighted by Crippen LogP contribution is -2.21. The van der Waals surface area contributed by atoms with Gasteiger partial charge in [0.2, 0.25) is 0 Å². The van der Waals surface area contributed by atoms with Crippen molar-refractivity contribution in [2.75, 3.05) is 19.4 Å². The molecule has 0 aliphatic carbocycles. The van der Waals surface area contributed by atoms with Gasteiger partial charge in [0.25, 0.3) is 5.91 Å². The van der Waals surface area contributed by atoms with Crippen LogP contribution in [-0.2, 0) is 0 Å². The monoisotopic (exact) mass is 303 g/mol. The van der Waals surface area contributed by atoms with Crippen LogP contribution in [0.2, 0.25) is 5.02 Å². The fourth-order valence-electron chi connectivity index (χ4n) is 1.97. The Kier molecular flexibility index (Phi) is 4.81. The number of hydrogen-bond donors (Lipinski definition) is 1. The van der Waals surface area contributed by atoms with Gasteiger partial charge in [-0.15, -0.1) is 0 Å². The summed E-state index contributed by atoms with van der Waals surface area (Å²) in [7, 11) is 3.45. The highest BCUT2D eigenvalue weighted by Gasteiger charge is 2.13. The average Bonchev–Trinajstić information content (AvgIpc) is 2.49. The third kappa shape index (κ3) is 3.73. The molecule has 0 fully saturated rings. The summed E-state index contributed by atoms with van der Waals surface area (Å²) in [5.74, 6) is -0.0554. The van der Waals surface area contributed by atoms with E-state index >= 15 is 0 Å². The summed E-state index contributed by atoms with van der Waals surface area (Å²) in [6, 6.07) is 11.0. The largest absolute Gasteiger partial charge is 0.376 e. The molecule has 2 aromatic rings. The maximum Gasteiger partial charge on any atom is 0.253 e. The summed E-state index contributed by atoms with van der Waals surface area (Å²) in [6.45, 7) is 2.00. The molecule has 0 bridgehead atoms. The van der Waals surface area contributed by atoms with Crippen molar-refractivity contribution < 1.29 is 4.79 Å². The molecule has 1 aromatic heterocycles. The summed E-state index contributed by atoms with van der Waals surface area (Å²) in [6.07, 6.45) is 1.75. The lowest BCUT2D eigenvalue weighted by molar-refractivity contribution is 0.0827. The van der Waals surface area contributed by atoms with Crippen LogP contribution in [0.15, 0.2) is 42.6 Å². The number of rotatable bonds is 4. The Morgan fingerprint density at radius 3 is 2.67 bits per heavy atom. The van der Waals surface area contributed by atoms with Crippen LogP contribution < -0.4 is 5.32 Å². The number of carbonyl (C=O) groups is 1. The Labute approximate surface area is 129 Å². The number of aromatic nitrogens is 1. The predicted octanol–water partition coefficient (Wildman–Crippen LogP) is 3.61. The first-order valence-corrected chi connectivity index (χ1v) is 7.05. The molecular formula is C16H18ClN3O. The summed E-state index contributed by atoms with van der Waals surface area (Å²) < 4.78 is 0. The van der Waals surface area contributed by atoms with Crippen LogP contribution in [0.3, 0.4) is 0 Å². The van der Waals surface area contributed by atoms with E-state index in [1.165, 1.54) is 4.90 Å². The molecule has 0 spiro atoms. The lowest BCUT2D eigenvalue weighted by Gasteiger charge is -2.17. The Morgan fingerprint density at radius 1 is 1.29 bits per heavy atom. The molecule has 1 atom stereocenters. The van der Waals surface area contributed by atoms with Crippen LogP contribution in [0.5, 0.6) is 0 Å². The van der Waals surface area contributed by atoms with Gasteiger partial charge < -0.3 is 10.2 Å². The van der Waals surface area contributed by atoms with Crippen molar-refractivity contribution in [3.05, 3.63) is 58.9 Å². The van der Waals surface area contributed by atoms with Crippen LogP contribution in [0, 0.1) is 0 Å². The summed E-state index contributed by atoms with van der Waals surface area (Å²) in [5.41, 5.74) is 2.24. The standard InChI is InChI=1S/C16H18ClN3O/c1-11(14-6-4-5-9-18-14)19-15-10-12(7-8-13(15)17)16(21)20(2)3/h4-11,19H,1-3H3. The van der Waals surface area contributed by atoms with Gasteiger partial charge in [0.05, 0.1) is 22.4 Å². The molecular weight excluding hydrogens is 286 g/mol. The number of benzene rings is 1. The topological polar surface area (TPSA) is 45.2 Å². The van der Waals surface area contributed by atoms with Crippen molar-refractivity contribution in [3.8, 4) is 0 Å². The van der Waals surface area contributed by atoms with E-state index in [-0.39, 0.29) is 11.9 Å². The van der Waals surface area contributed by atoms with Gasteiger partial charge >= 0.3 is 0 Å². The fraction of sp³-hybridized carbons (Fsp3) is 0.250. The highest BCUT2D eigenvalue weighted by atomic mass is 35.5. The minimum atomic E-state index is -0.0554. The molecule has 21 heavy (non-hydrogen) atoms. The molecule has 5 heteroatoms. The maximum atomic E-state index is 12.0. The van der Waals surface area contributed by atoms with Gasteiger partial charge in [0.15, 0.2) is 0 Å².